The normalized spacial score (nSPS) is 13.9. The largest absolute Gasteiger partial charge is 0.499 e. The van der Waals surface area contributed by atoms with Crippen LogP contribution in [0.3, 0.4) is 0 Å². The second-order valence-corrected chi connectivity index (χ2v) is 2.00. The lowest BCUT2D eigenvalue weighted by Gasteiger charge is -2.21. The fraction of sp³-hybridized carbons (Fsp3) is 0.750. The maximum absolute atomic E-state index is 11.9. The van der Waals surface area contributed by atoms with Crippen molar-refractivity contribution in [3.8, 4) is 0 Å². The van der Waals surface area contributed by atoms with Gasteiger partial charge in [0.25, 0.3) is 0 Å². The molecule has 0 fully saturated rings. The Balaban J connectivity index is 4.73. The maximum atomic E-state index is 11.9. The Morgan fingerprint density at radius 1 is 0.867 bits per heavy atom. The summed E-state index contributed by atoms with van der Waals surface area (Å²) in [6.07, 6.45) is -18.0. The number of hydrogen-bond acceptors (Lipinski definition) is 3. The van der Waals surface area contributed by atoms with E-state index in [4.69, 9.17) is 0 Å². The molecule has 0 bridgehead atoms. The van der Waals surface area contributed by atoms with Gasteiger partial charge in [0.05, 0.1) is 0 Å². The Labute approximate surface area is 75.4 Å². The van der Waals surface area contributed by atoms with Gasteiger partial charge in [0.15, 0.2) is 0 Å². The molecule has 0 atom stereocenters. The zero-order valence-electron chi connectivity index (χ0n) is 6.25. The number of alkyl halides is 7. The fourth-order valence-corrected chi connectivity index (χ4v) is 0.279. The molecule has 0 aromatic heterocycles. The van der Waals surface area contributed by atoms with Gasteiger partial charge in [0.1, 0.15) is 0 Å². The summed E-state index contributed by atoms with van der Waals surface area (Å²) >= 11 is 0. The molecular formula is C4F8O3. The number of hydrogen-bond donors (Lipinski definition) is 0. The van der Waals surface area contributed by atoms with E-state index in [-0.39, 0.29) is 0 Å². The summed E-state index contributed by atoms with van der Waals surface area (Å²) in [5.74, 6) is -3.61. The molecule has 0 rings (SSSR count). The highest BCUT2D eigenvalue weighted by Crippen LogP contribution is 2.38. The van der Waals surface area contributed by atoms with Crippen molar-refractivity contribution in [1.29, 1.82) is 0 Å². The molecule has 0 heterocycles. The molecular weight excluding hydrogens is 248 g/mol. The van der Waals surface area contributed by atoms with Crippen LogP contribution in [0.15, 0.2) is 0 Å². The van der Waals surface area contributed by atoms with Crippen LogP contribution in [0.4, 0.5) is 35.3 Å². The van der Waals surface area contributed by atoms with Gasteiger partial charge in [0.2, 0.25) is 0 Å². The van der Waals surface area contributed by atoms with Gasteiger partial charge < -0.3 is 4.74 Å². The van der Waals surface area contributed by atoms with Crippen LogP contribution in [0.2, 0.25) is 0 Å². The molecule has 0 unspecified atom stereocenters. The first-order chi connectivity index (χ1) is 6.44. The molecule has 15 heavy (non-hydrogen) atoms. The average Bonchev–Trinajstić information content (AvgIpc) is 2.01. The molecule has 0 saturated heterocycles. The SMILES string of the molecule is O=C(OC(F)(F)C(F)(F)OF)C(F)(F)F. The van der Waals surface area contributed by atoms with Gasteiger partial charge in [-0.2, -0.15) is 30.7 Å². The van der Waals surface area contributed by atoms with Crippen LogP contribution in [-0.2, 0) is 14.5 Å². The summed E-state index contributed by atoms with van der Waals surface area (Å²) in [5, 5.41) is 0. The lowest BCUT2D eigenvalue weighted by Crippen LogP contribution is -2.47. The van der Waals surface area contributed by atoms with E-state index < -0.39 is 24.4 Å². The number of carbonyl (C=O) groups is 1. The Bertz CT molecular complexity index is 245. The quantitative estimate of drug-likeness (QED) is 0.567. The Morgan fingerprint density at radius 3 is 1.53 bits per heavy atom. The highest BCUT2D eigenvalue weighted by atomic mass is 19.4. The second kappa shape index (κ2) is 3.79. The first-order valence-electron chi connectivity index (χ1n) is 2.79. The van der Waals surface area contributed by atoms with Crippen LogP contribution in [-0.4, -0.2) is 24.4 Å². The molecule has 0 aromatic rings. The number of carbonyl (C=O) groups excluding carboxylic acids is 1. The van der Waals surface area contributed by atoms with Gasteiger partial charge in [-0.15, -0.1) is 4.94 Å². The summed E-state index contributed by atoms with van der Waals surface area (Å²) in [4.78, 5) is 11.1. The minimum Gasteiger partial charge on any atom is -0.387 e. The number of ether oxygens (including phenoxy) is 1. The molecule has 0 N–H and O–H groups in total. The minimum atomic E-state index is -6.08. The van der Waals surface area contributed by atoms with Gasteiger partial charge in [-0.1, -0.05) is 0 Å². The molecule has 0 aromatic carbocycles. The molecule has 0 saturated carbocycles. The Kier molecular flexibility index (Phi) is 3.51. The highest BCUT2D eigenvalue weighted by molar-refractivity contribution is 5.75. The zero-order valence-corrected chi connectivity index (χ0v) is 6.25. The van der Waals surface area contributed by atoms with Gasteiger partial charge in [-0.05, 0) is 4.53 Å². The van der Waals surface area contributed by atoms with E-state index in [0.29, 0.717) is 0 Å². The smallest absolute Gasteiger partial charge is 0.387 e. The lowest BCUT2D eigenvalue weighted by atomic mass is 10.5. The van der Waals surface area contributed by atoms with Crippen LogP contribution < -0.4 is 0 Å². The second-order valence-electron chi connectivity index (χ2n) is 2.00. The third-order valence-electron chi connectivity index (χ3n) is 0.888. The van der Waals surface area contributed by atoms with E-state index in [1.165, 1.54) is 4.94 Å². The van der Waals surface area contributed by atoms with Crippen LogP contribution >= 0.6 is 0 Å². The lowest BCUT2D eigenvalue weighted by molar-refractivity contribution is -0.472. The molecule has 0 aliphatic rings. The van der Waals surface area contributed by atoms with Gasteiger partial charge in [-0.3, -0.25) is 0 Å². The molecule has 3 nitrogen and oxygen atoms in total. The van der Waals surface area contributed by atoms with Crippen molar-refractivity contribution in [2.24, 2.45) is 0 Å². The summed E-state index contributed by atoms with van der Waals surface area (Å²) in [6, 6.07) is 0. The summed E-state index contributed by atoms with van der Waals surface area (Å²) < 4.78 is 93.9. The van der Waals surface area contributed by atoms with Crippen LogP contribution in [0.25, 0.3) is 0 Å². The first-order valence-corrected chi connectivity index (χ1v) is 2.79. The third-order valence-corrected chi connectivity index (χ3v) is 0.888. The fourth-order valence-electron chi connectivity index (χ4n) is 0.279. The highest BCUT2D eigenvalue weighted by Gasteiger charge is 2.66. The van der Waals surface area contributed by atoms with Crippen molar-refractivity contribution >= 4 is 5.97 Å². The molecule has 0 aliphatic carbocycles. The zero-order chi connectivity index (χ0) is 12.5. The molecule has 90 valence electrons. The Hall–Kier alpha value is -1.13. The summed E-state index contributed by atoms with van der Waals surface area (Å²) in [5.41, 5.74) is 0. The number of esters is 1. The van der Waals surface area contributed by atoms with E-state index in [1.807, 2.05) is 4.74 Å². The van der Waals surface area contributed by atoms with Crippen molar-refractivity contribution in [3.05, 3.63) is 0 Å². The minimum absolute atomic E-state index is 1.39. The van der Waals surface area contributed by atoms with E-state index in [9.17, 15) is 40.1 Å². The molecule has 0 spiro atoms. The van der Waals surface area contributed by atoms with Crippen molar-refractivity contribution in [3.63, 3.8) is 0 Å². The van der Waals surface area contributed by atoms with E-state index in [0.717, 1.165) is 0 Å². The summed E-state index contributed by atoms with van der Waals surface area (Å²) in [7, 11) is 0. The average molecular weight is 248 g/mol. The number of halogens is 8. The molecule has 0 radical (unpaired) electrons. The van der Waals surface area contributed by atoms with Crippen molar-refractivity contribution in [1.82, 2.24) is 0 Å². The third kappa shape index (κ3) is 3.18. The molecule has 0 amide bonds. The topological polar surface area (TPSA) is 35.5 Å². The van der Waals surface area contributed by atoms with Crippen molar-refractivity contribution in [2.75, 3.05) is 0 Å². The first kappa shape index (κ1) is 13.9. The predicted octanol–water partition coefficient (Wildman–Crippen LogP) is 2.18. The van der Waals surface area contributed by atoms with E-state index >= 15 is 0 Å². The van der Waals surface area contributed by atoms with Gasteiger partial charge in [0, 0.05) is 0 Å². The van der Waals surface area contributed by atoms with E-state index in [2.05, 4.69) is 0 Å². The van der Waals surface area contributed by atoms with Crippen LogP contribution in [0.5, 0.6) is 0 Å². The Morgan fingerprint density at radius 2 is 1.27 bits per heavy atom. The number of rotatable bonds is 3. The van der Waals surface area contributed by atoms with Crippen molar-refractivity contribution < 1.29 is 49.7 Å². The standard InChI is InChI=1S/C4F8O3/c5-2(6,7)1(13)14-3(8,9)4(10,11)15-12. The van der Waals surface area contributed by atoms with Crippen LogP contribution in [0.1, 0.15) is 0 Å². The van der Waals surface area contributed by atoms with E-state index in [1.54, 1.807) is 0 Å². The molecule has 0 aliphatic heterocycles. The monoisotopic (exact) mass is 248 g/mol. The maximum Gasteiger partial charge on any atom is 0.499 e. The predicted molar refractivity (Wildman–Crippen MR) is 24.2 cm³/mol. The van der Waals surface area contributed by atoms with Gasteiger partial charge in [-0.25, -0.2) is 4.79 Å². The van der Waals surface area contributed by atoms with Crippen LogP contribution in [0, 0.1) is 0 Å². The van der Waals surface area contributed by atoms with Gasteiger partial charge >= 0.3 is 24.4 Å². The summed E-state index contributed by atoms with van der Waals surface area (Å²) in [6.45, 7) is 0. The molecule has 11 heteroatoms. The van der Waals surface area contributed by atoms with Crippen molar-refractivity contribution in [2.45, 2.75) is 18.4 Å².